The number of rotatable bonds is 5. The first-order valence-electron chi connectivity index (χ1n) is 11.0. The van der Waals surface area contributed by atoms with Crippen LogP contribution in [0.15, 0.2) is 48.8 Å². The highest BCUT2D eigenvalue weighted by Gasteiger charge is 2.35. The highest BCUT2D eigenvalue weighted by atomic mass is 16.2. The van der Waals surface area contributed by atoms with E-state index in [-0.39, 0.29) is 11.8 Å². The highest BCUT2D eigenvalue weighted by Crippen LogP contribution is 2.28. The summed E-state index contributed by atoms with van der Waals surface area (Å²) in [6, 6.07) is 10.9. The SMILES string of the molecule is CNC(=O)[C@@H](NC(=O)c1nc(-c2ccccc2)n2c1CN(c1ncccn1)CC2)C(C)(C)C. The second kappa shape index (κ2) is 9.01. The number of hydrogen-bond donors (Lipinski definition) is 2. The van der Waals surface area contributed by atoms with Crippen molar-refractivity contribution in [3.63, 3.8) is 0 Å². The fourth-order valence-corrected chi connectivity index (χ4v) is 4.00. The van der Waals surface area contributed by atoms with Crippen molar-refractivity contribution < 1.29 is 9.59 Å². The minimum atomic E-state index is -0.704. The van der Waals surface area contributed by atoms with Crippen LogP contribution in [0.5, 0.6) is 0 Å². The summed E-state index contributed by atoms with van der Waals surface area (Å²) in [6.07, 6.45) is 3.41. The number of nitrogens with one attached hydrogen (secondary N) is 2. The van der Waals surface area contributed by atoms with Gasteiger partial charge in [-0.25, -0.2) is 15.0 Å². The number of aromatic nitrogens is 4. The van der Waals surface area contributed by atoms with Gasteiger partial charge in [-0.15, -0.1) is 0 Å². The molecule has 0 aliphatic carbocycles. The predicted molar refractivity (Wildman–Crippen MR) is 126 cm³/mol. The van der Waals surface area contributed by atoms with Gasteiger partial charge in [-0.05, 0) is 11.5 Å². The van der Waals surface area contributed by atoms with E-state index in [0.29, 0.717) is 31.3 Å². The van der Waals surface area contributed by atoms with Crippen molar-refractivity contribution >= 4 is 17.8 Å². The standard InChI is InChI=1S/C24H29N7O2/c1-24(2,3)19(22(33)25-4)29-21(32)18-17-15-30(23-26-11-8-12-27-23)13-14-31(17)20(28-18)16-9-6-5-7-10-16/h5-12,19H,13-15H2,1-4H3,(H,25,33)(H,29,32)/t19-/m1/s1. The van der Waals surface area contributed by atoms with Gasteiger partial charge >= 0.3 is 0 Å². The van der Waals surface area contributed by atoms with Crippen LogP contribution in [0.25, 0.3) is 11.4 Å². The van der Waals surface area contributed by atoms with Crippen molar-refractivity contribution in [1.82, 2.24) is 30.2 Å². The van der Waals surface area contributed by atoms with Gasteiger partial charge in [-0.3, -0.25) is 9.59 Å². The first-order valence-corrected chi connectivity index (χ1v) is 11.0. The lowest BCUT2D eigenvalue weighted by atomic mass is 9.86. The number of benzene rings is 1. The summed E-state index contributed by atoms with van der Waals surface area (Å²) in [6.45, 7) is 7.51. The Balaban J connectivity index is 1.74. The van der Waals surface area contributed by atoms with Gasteiger partial charge in [0, 0.05) is 38.1 Å². The molecule has 9 nitrogen and oxygen atoms in total. The fraction of sp³-hybridized carbons (Fsp3) is 0.375. The lowest BCUT2D eigenvalue weighted by molar-refractivity contribution is -0.124. The van der Waals surface area contributed by atoms with Gasteiger partial charge in [0.05, 0.1) is 12.2 Å². The Morgan fingerprint density at radius 2 is 1.73 bits per heavy atom. The molecule has 33 heavy (non-hydrogen) atoms. The third-order valence-corrected chi connectivity index (χ3v) is 5.74. The highest BCUT2D eigenvalue weighted by molar-refractivity contribution is 5.98. The molecule has 1 aliphatic heterocycles. The van der Waals surface area contributed by atoms with E-state index in [9.17, 15) is 9.59 Å². The smallest absolute Gasteiger partial charge is 0.272 e. The Morgan fingerprint density at radius 1 is 1.03 bits per heavy atom. The van der Waals surface area contributed by atoms with Gasteiger partial charge < -0.3 is 20.1 Å². The molecule has 0 radical (unpaired) electrons. The molecule has 0 saturated heterocycles. The third kappa shape index (κ3) is 4.57. The molecule has 4 rings (SSSR count). The molecule has 1 aliphatic rings. The molecule has 0 unspecified atom stereocenters. The maximum atomic E-state index is 13.5. The zero-order valence-corrected chi connectivity index (χ0v) is 19.4. The third-order valence-electron chi connectivity index (χ3n) is 5.74. The van der Waals surface area contributed by atoms with E-state index >= 15 is 0 Å². The van der Waals surface area contributed by atoms with Crippen molar-refractivity contribution in [3.8, 4) is 11.4 Å². The van der Waals surface area contributed by atoms with E-state index in [1.807, 2.05) is 56.0 Å². The Kier molecular flexibility index (Phi) is 6.13. The number of carbonyl (C=O) groups excluding carboxylic acids is 2. The Hall–Kier alpha value is -3.75. The molecule has 3 aromatic rings. The summed E-state index contributed by atoms with van der Waals surface area (Å²) in [5, 5.41) is 5.56. The Labute approximate surface area is 193 Å². The molecular formula is C24H29N7O2. The molecule has 172 valence electrons. The van der Waals surface area contributed by atoms with E-state index in [0.717, 1.165) is 17.1 Å². The van der Waals surface area contributed by atoms with E-state index in [2.05, 4.69) is 25.2 Å². The number of amides is 2. The minimum absolute atomic E-state index is 0.244. The number of anilines is 1. The Morgan fingerprint density at radius 3 is 2.36 bits per heavy atom. The minimum Gasteiger partial charge on any atom is -0.357 e. The molecule has 0 spiro atoms. The van der Waals surface area contributed by atoms with Crippen molar-refractivity contribution in [1.29, 1.82) is 0 Å². The molecule has 3 heterocycles. The van der Waals surface area contributed by atoms with E-state index in [1.54, 1.807) is 25.5 Å². The van der Waals surface area contributed by atoms with Crippen LogP contribution in [0.1, 0.15) is 37.0 Å². The van der Waals surface area contributed by atoms with E-state index in [4.69, 9.17) is 4.98 Å². The predicted octanol–water partition coefficient (Wildman–Crippen LogP) is 2.25. The van der Waals surface area contributed by atoms with Crippen LogP contribution in [0.3, 0.4) is 0 Å². The first-order chi connectivity index (χ1) is 15.8. The average molecular weight is 448 g/mol. The van der Waals surface area contributed by atoms with Crippen LogP contribution in [0.2, 0.25) is 0 Å². The summed E-state index contributed by atoms with van der Waals surface area (Å²) in [5.41, 5.74) is 1.55. The molecule has 1 atom stereocenters. The van der Waals surface area contributed by atoms with Crippen molar-refractivity contribution in [3.05, 3.63) is 60.2 Å². The summed E-state index contributed by atoms with van der Waals surface area (Å²) in [5.74, 6) is 0.721. The topological polar surface area (TPSA) is 105 Å². The molecule has 0 saturated carbocycles. The quantitative estimate of drug-likeness (QED) is 0.622. The number of fused-ring (bicyclic) bond motifs is 1. The van der Waals surface area contributed by atoms with Crippen LogP contribution >= 0.6 is 0 Å². The first kappa shape index (κ1) is 22.4. The van der Waals surface area contributed by atoms with Gasteiger partial charge in [0.25, 0.3) is 5.91 Å². The summed E-state index contributed by atoms with van der Waals surface area (Å²) < 4.78 is 2.08. The van der Waals surface area contributed by atoms with Gasteiger partial charge in [-0.1, -0.05) is 51.1 Å². The second-order valence-electron chi connectivity index (χ2n) is 9.11. The summed E-state index contributed by atoms with van der Waals surface area (Å²) >= 11 is 0. The summed E-state index contributed by atoms with van der Waals surface area (Å²) in [7, 11) is 1.57. The Bertz CT molecular complexity index is 1140. The normalized spacial score (nSPS) is 14.4. The van der Waals surface area contributed by atoms with Gasteiger partial charge in [0.1, 0.15) is 11.9 Å². The van der Waals surface area contributed by atoms with Gasteiger partial charge in [-0.2, -0.15) is 0 Å². The molecule has 1 aromatic carbocycles. The molecule has 2 N–H and O–H groups in total. The monoisotopic (exact) mass is 447 g/mol. The van der Waals surface area contributed by atoms with Gasteiger partial charge in [0.2, 0.25) is 11.9 Å². The average Bonchev–Trinajstić information content (AvgIpc) is 3.21. The van der Waals surface area contributed by atoms with Gasteiger partial charge in [0.15, 0.2) is 5.69 Å². The maximum absolute atomic E-state index is 13.5. The molecular weight excluding hydrogens is 418 g/mol. The van der Waals surface area contributed by atoms with E-state index < -0.39 is 11.5 Å². The zero-order valence-electron chi connectivity index (χ0n) is 19.4. The van der Waals surface area contributed by atoms with Crippen LogP contribution in [0, 0.1) is 5.41 Å². The van der Waals surface area contributed by atoms with Crippen LogP contribution in [-0.2, 0) is 17.9 Å². The van der Waals surface area contributed by atoms with Crippen LogP contribution < -0.4 is 15.5 Å². The second-order valence-corrected chi connectivity index (χ2v) is 9.11. The zero-order chi connectivity index (χ0) is 23.6. The van der Waals surface area contributed by atoms with Crippen molar-refractivity contribution in [2.45, 2.75) is 39.9 Å². The molecule has 2 aromatic heterocycles. The summed E-state index contributed by atoms with van der Waals surface area (Å²) in [4.78, 5) is 41.5. The lowest BCUT2D eigenvalue weighted by Crippen LogP contribution is -2.53. The number of nitrogens with zero attached hydrogens (tertiary/aromatic N) is 5. The molecule has 2 amide bonds. The molecule has 0 bridgehead atoms. The van der Waals surface area contributed by atoms with Crippen LogP contribution in [-0.4, -0.2) is 51.0 Å². The number of carbonyl (C=O) groups is 2. The van der Waals surface area contributed by atoms with Crippen molar-refractivity contribution in [2.75, 3.05) is 18.5 Å². The number of imidazole rings is 1. The van der Waals surface area contributed by atoms with Crippen molar-refractivity contribution in [2.24, 2.45) is 5.41 Å². The maximum Gasteiger partial charge on any atom is 0.272 e. The lowest BCUT2D eigenvalue weighted by Gasteiger charge is -2.31. The molecule has 0 fully saturated rings. The van der Waals surface area contributed by atoms with Crippen LogP contribution in [0.4, 0.5) is 5.95 Å². The number of likely N-dealkylation sites (N-methyl/N-ethyl adjacent to an activating group) is 1. The fourth-order valence-electron chi connectivity index (χ4n) is 4.00. The largest absolute Gasteiger partial charge is 0.357 e. The van der Waals surface area contributed by atoms with E-state index in [1.165, 1.54) is 0 Å². The number of hydrogen-bond acceptors (Lipinski definition) is 6. The molecule has 9 heteroatoms.